The van der Waals surface area contributed by atoms with E-state index in [1.54, 1.807) is 16.3 Å². The van der Waals surface area contributed by atoms with Gasteiger partial charge in [-0.05, 0) is 18.6 Å². The molecule has 0 unspecified atom stereocenters. The number of anilines is 1. The molecule has 4 rings (SSSR count). The fourth-order valence-electron chi connectivity index (χ4n) is 2.85. The molecule has 0 amide bonds. The van der Waals surface area contributed by atoms with E-state index in [1.807, 2.05) is 35.6 Å². The Kier molecular flexibility index (Phi) is 4.60. The summed E-state index contributed by atoms with van der Waals surface area (Å²) in [4.78, 5) is 12.8. The van der Waals surface area contributed by atoms with E-state index in [0.717, 1.165) is 34.3 Å². The van der Waals surface area contributed by atoms with Crippen molar-refractivity contribution in [3.63, 3.8) is 0 Å². The van der Waals surface area contributed by atoms with Crippen molar-refractivity contribution in [2.45, 2.75) is 31.5 Å². The van der Waals surface area contributed by atoms with E-state index in [9.17, 15) is 4.79 Å². The van der Waals surface area contributed by atoms with Crippen LogP contribution in [0.25, 0.3) is 16.7 Å². The van der Waals surface area contributed by atoms with Gasteiger partial charge in [-0.3, -0.25) is 13.8 Å². The maximum atomic E-state index is 12.8. The number of fused-ring (bicyclic) bond motifs is 3. The molecule has 4 aromatic rings. The van der Waals surface area contributed by atoms with E-state index in [1.165, 1.54) is 11.3 Å². The van der Waals surface area contributed by atoms with E-state index in [4.69, 9.17) is 5.73 Å². The van der Waals surface area contributed by atoms with Crippen LogP contribution in [0.2, 0.25) is 0 Å². The molecular formula is C16H17N7OS2. The highest BCUT2D eigenvalue weighted by atomic mass is 32.2. The molecule has 0 fully saturated rings. The van der Waals surface area contributed by atoms with Crippen LogP contribution >= 0.6 is 23.1 Å². The first-order valence-corrected chi connectivity index (χ1v) is 10.1. The summed E-state index contributed by atoms with van der Waals surface area (Å²) < 4.78 is 3.66. The molecule has 0 atom stereocenters. The maximum absolute atomic E-state index is 12.8. The number of nitrogens with zero attached hydrogens (tertiary/aromatic N) is 6. The van der Waals surface area contributed by atoms with Gasteiger partial charge < -0.3 is 5.73 Å². The van der Waals surface area contributed by atoms with Crippen molar-refractivity contribution in [3.05, 3.63) is 39.6 Å². The van der Waals surface area contributed by atoms with E-state index < -0.39 is 0 Å². The Morgan fingerprint density at radius 3 is 2.81 bits per heavy atom. The number of para-hydroxylation sites is 1. The molecule has 0 radical (unpaired) electrons. The molecule has 2 N–H and O–H groups in total. The van der Waals surface area contributed by atoms with Crippen LogP contribution in [0.15, 0.2) is 34.2 Å². The number of rotatable bonds is 6. The zero-order chi connectivity index (χ0) is 18.1. The third kappa shape index (κ3) is 2.95. The normalized spacial score (nSPS) is 11.6. The highest BCUT2D eigenvalue weighted by molar-refractivity contribution is 7.99. The summed E-state index contributed by atoms with van der Waals surface area (Å²) in [7, 11) is 0. The van der Waals surface area contributed by atoms with E-state index in [-0.39, 0.29) is 5.56 Å². The van der Waals surface area contributed by atoms with Crippen LogP contribution in [0.5, 0.6) is 0 Å². The largest absolute Gasteiger partial charge is 0.374 e. The monoisotopic (exact) mass is 387 g/mol. The van der Waals surface area contributed by atoms with Gasteiger partial charge >= 0.3 is 0 Å². The molecule has 1 aromatic carbocycles. The van der Waals surface area contributed by atoms with Crippen molar-refractivity contribution in [3.8, 4) is 0 Å². The molecular weight excluding hydrogens is 370 g/mol. The van der Waals surface area contributed by atoms with Crippen LogP contribution in [-0.2, 0) is 13.0 Å². The predicted octanol–water partition coefficient (Wildman–Crippen LogP) is 2.22. The zero-order valence-corrected chi connectivity index (χ0v) is 15.8. The predicted molar refractivity (Wildman–Crippen MR) is 104 cm³/mol. The van der Waals surface area contributed by atoms with Gasteiger partial charge in [-0.2, -0.15) is 0 Å². The smallest absolute Gasteiger partial charge is 0.262 e. The molecule has 0 bridgehead atoms. The minimum absolute atomic E-state index is 0.0248. The lowest BCUT2D eigenvalue weighted by molar-refractivity contribution is 0.662. The molecule has 8 nitrogen and oxygen atoms in total. The molecule has 0 spiro atoms. The van der Waals surface area contributed by atoms with Crippen LogP contribution in [0, 0.1) is 0 Å². The quantitative estimate of drug-likeness (QED) is 0.506. The minimum Gasteiger partial charge on any atom is -0.374 e. The lowest BCUT2D eigenvalue weighted by Crippen LogP contribution is -2.23. The first-order chi connectivity index (χ1) is 12.7. The van der Waals surface area contributed by atoms with Crippen LogP contribution < -0.4 is 11.3 Å². The molecule has 0 saturated carbocycles. The summed E-state index contributed by atoms with van der Waals surface area (Å²) in [5.41, 5.74) is 6.42. The summed E-state index contributed by atoms with van der Waals surface area (Å²) in [6, 6.07) is 7.58. The Hall–Kier alpha value is -2.46. The third-order valence-corrected chi connectivity index (χ3v) is 5.70. The average Bonchev–Trinajstić information content (AvgIpc) is 3.25. The van der Waals surface area contributed by atoms with E-state index in [2.05, 4.69) is 20.4 Å². The molecule has 26 heavy (non-hydrogen) atoms. The van der Waals surface area contributed by atoms with Crippen molar-refractivity contribution in [2.75, 3.05) is 11.5 Å². The molecule has 10 heteroatoms. The lowest BCUT2D eigenvalue weighted by Gasteiger charge is -2.10. The number of aryl methyl sites for hydroxylation is 2. The second kappa shape index (κ2) is 7.04. The SMILES string of the molecule is CCCn1c(=O)c2ccccc2n2c(SCCc3nnc(N)s3)nnc12. The Balaban J connectivity index is 1.75. The Labute approximate surface area is 157 Å². The second-order valence-electron chi connectivity index (χ2n) is 5.72. The van der Waals surface area contributed by atoms with Gasteiger partial charge in [-0.15, -0.1) is 20.4 Å². The number of hydrogen-bond donors (Lipinski definition) is 1. The number of thioether (sulfide) groups is 1. The van der Waals surface area contributed by atoms with Gasteiger partial charge in [0.25, 0.3) is 5.56 Å². The van der Waals surface area contributed by atoms with Crippen molar-refractivity contribution in [1.29, 1.82) is 0 Å². The summed E-state index contributed by atoms with van der Waals surface area (Å²) in [6.45, 7) is 2.65. The highest BCUT2D eigenvalue weighted by Crippen LogP contribution is 2.23. The number of benzene rings is 1. The molecule has 3 heterocycles. The summed E-state index contributed by atoms with van der Waals surface area (Å²) in [5.74, 6) is 1.36. The zero-order valence-electron chi connectivity index (χ0n) is 14.1. The van der Waals surface area contributed by atoms with Crippen molar-refractivity contribution < 1.29 is 0 Å². The molecule has 0 aliphatic carbocycles. The van der Waals surface area contributed by atoms with Gasteiger partial charge in [0.2, 0.25) is 10.9 Å². The van der Waals surface area contributed by atoms with Gasteiger partial charge in [0.05, 0.1) is 10.9 Å². The molecule has 0 aliphatic rings. The standard InChI is InChI=1S/C16H17N7OS2/c1-2-8-22-13(24)10-5-3-4-6-11(10)23-15(22)20-21-16(23)25-9-7-12-18-19-14(17)26-12/h3-6H,2,7-9H2,1H3,(H2,17,19). The van der Waals surface area contributed by atoms with Crippen molar-refractivity contribution >= 4 is 44.9 Å². The first kappa shape index (κ1) is 17.0. The number of nitrogen functional groups attached to an aromatic ring is 1. The summed E-state index contributed by atoms with van der Waals surface area (Å²) in [6.07, 6.45) is 1.60. The number of nitrogens with two attached hydrogens (primary N) is 1. The Bertz CT molecular complexity index is 1130. The summed E-state index contributed by atoms with van der Waals surface area (Å²) >= 11 is 2.98. The van der Waals surface area contributed by atoms with Gasteiger partial charge in [-0.25, -0.2) is 0 Å². The Morgan fingerprint density at radius 1 is 1.19 bits per heavy atom. The third-order valence-electron chi connectivity index (χ3n) is 3.95. The van der Waals surface area contributed by atoms with E-state index in [0.29, 0.717) is 22.8 Å². The van der Waals surface area contributed by atoms with Crippen LogP contribution in [-0.4, -0.2) is 35.1 Å². The molecule has 0 saturated heterocycles. The lowest BCUT2D eigenvalue weighted by atomic mass is 10.2. The van der Waals surface area contributed by atoms with Crippen LogP contribution in [0.4, 0.5) is 5.13 Å². The van der Waals surface area contributed by atoms with Crippen molar-refractivity contribution in [2.24, 2.45) is 0 Å². The van der Waals surface area contributed by atoms with Gasteiger partial charge in [0.1, 0.15) is 5.01 Å². The van der Waals surface area contributed by atoms with Crippen molar-refractivity contribution in [1.82, 2.24) is 29.4 Å². The van der Waals surface area contributed by atoms with Gasteiger partial charge in [-0.1, -0.05) is 42.2 Å². The first-order valence-electron chi connectivity index (χ1n) is 8.26. The highest BCUT2D eigenvalue weighted by Gasteiger charge is 2.16. The van der Waals surface area contributed by atoms with E-state index >= 15 is 0 Å². The number of aromatic nitrogens is 6. The summed E-state index contributed by atoms with van der Waals surface area (Å²) in [5, 5.41) is 19.3. The molecule has 3 aromatic heterocycles. The fourth-order valence-corrected chi connectivity index (χ4v) is 4.47. The van der Waals surface area contributed by atoms with Gasteiger partial charge in [0.15, 0.2) is 5.16 Å². The van der Waals surface area contributed by atoms with Crippen LogP contribution in [0.1, 0.15) is 18.4 Å². The molecule has 0 aliphatic heterocycles. The average molecular weight is 387 g/mol. The maximum Gasteiger partial charge on any atom is 0.262 e. The minimum atomic E-state index is -0.0248. The second-order valence-corrected chi connectivity index (χ2v) is 7.88. The topological polar surface area (TPSA) is 104 Å². The van der Waals surface area contributed by atoms with Gasteiger partial charge in [0, 0.05) is 18.7 Å². The molecule has 134 valence electrons. The number of hydrogen-bond acceptors (Lipinski definition) is 8. The fraction of sp³-hybridized carbons (Fsp3) is 0.312. The Morgan fingerprint density at radius 2 is 2.04 bits per heavy atom. The van der Waals surface area contributed by atoms with Crippen LogP contribution in [0.3, 0.4) is 0 Å².